The highest BCUT2D eigenvalue weighted by molar-refractivity contribution is 5.79. The number of rotatable bonds is 2. The van der Waals surface area contributed by atoms with Crippen molar-refractivity contribution < 1.29 is 4.79 Å². The number of likely N-dealkylation sites (tertiary alicyclic amines) is 1. The van der Waals surface area contributed by atoms with Gasteiger partial charge in [0.25, 0.3) is 0 Å². The summed E-state index contributed by atoms with van der Waals surface area (Å²) in [5.74, 6) is 1.03. The molecule has 0 aromatic carbocycles. The molecule has 1 amide bonds. The number of aromatic nitrogens is 2. The molecule has 1 aromatic rings. The predicted octanol–water partition coefficient (Wildman–Crippen LogP) is 1.63. The summed E-state index contributed by atoms with van der Waals surface area (Å²) in [4.78, 5) is 14.6. The number of nitrogens with two attached hydrogens (primary N) is 1. The fraction of sp³-hybridized carbons (Fsp3) is 0.733. The van der Waals surface area contributed by atoms with Crippen molar-refractivity contribution in [3.8, 4) is 0 Å². The van der Waals surface area contributed by atoms with Gasteiger partial charge in [0.05, 0.1) is 0 Å². The van der Waals surface area contributed by atoms with Crippen LogP contribution in [-0.4, -0.2) is 40.1 Å². The van der Waals surface area contributed by atoms with E-state index in [0.29, 0.717) is 11.8 Å². The zero-order valence-corrected chi connectivity index (χ0v) is 11.9. The fourth-order valence-electron chi connectivity index (χ4n) is 3.61. The van der Waals surface area contributed by atoms with Crippen molar-refractivity contribution in [2.24, 2.45) is 11.7 Å². The SMILES string of the molecule is NC1CCCC(C(=O)N2CCC(c3ccn[nH]3)CC2)C1. The Balaban J connectivity index is 1.53. The predicted molar refractivity (Wildman–Crippen MR) is 77.1 cm³/mol. The fourth-order valence-corrected chi connectivity index (χ4v) is 3.61. The van der Waals surface area contributed by atoms with E-state index in [4.69, 9.17) is 5.73 Å². The van der Waals surface area contributed by atoms with Crippen LogP contribution >= 0.6 is 0 Å². The van der Waals surface area contributed by atoms with Gasteiger partial charge in [-0.05, 0) is 38.2 Å². The van der Waals surface area contributed by atoms with Crippen LogP contribution in [0.2, 0.25) is 0 Å². The van der Waals surface area contributed by atoms with E-state index in [2.05, 4.69) is 15.1 Å². The van der Waals surface area contributed by atoms with E-state index in [9.17, 15) is 4.79 Å². The standard InChI is InChI=1S/C15H24N4O/c16-13-3-1-2-12(10-13)15(20)19-8-5-11(6-9-19)14-4-7-17-18-14/h4,7,11-13H,1-3,5-6,8-10,16H2,(H,17,18). The Morgan fingerprint density at radius 3 is 2.75 bits per heavy atom. The van der Waals surface area contributed by atoms with Gasteiger partial charge in [0.2, 0.25) is 5.91 Å². The van der Waals surface area contributed by atoms with Crippen LogP contribution in [0.5, 0.6) is 0 Å². The van der Waals surface area contributed by atoms with E-state index < -0.39 is 0 Å². The first-order valence-electron chi connectivity index (χ1n) is 7.77. The third-order valence-corrected chi connectivity index (χ3v) is 4.83. The maximum absolute atomic E-state index is 12.5. The van der Waals surface area contributed by atoms with Crippen molar-refractivity contribution in [3.05, 3.63) is 18.0 Å². The van der Waals surface area contributed by atoms with Gasteiger partial charge in [0, 0.05) is 42.9 Å². The molecule has 1 aliphatic carbocycles. The molecule has 5 heteroatoms. The molecule has 0 radical (unpaired) electrons. The highest BCUT2D eigenvalue weighted by Crippen LogP contribution is 2.30. The van der Waals surface area contributed by atoms with Gasteiger partial charge >= 0.3 is 0 Å². The smallest absolute Gasteiger partial charge is 0.225 e. The molecule has 1 saturated carbocycles. The van der Waals surface area contributed by atoms with Crippen molar-refractivity contribution in [3.63, 3.8) is 0 Å². The number of amides is 1. The van der Waals surface area contributed by atoms with Crippen LogP contribution in [0.1, 0.15) is 50.1 Å². The van der Waals surface area contributed by atoms with Gasteiger partial charge < -0.3 is 10.6 Å². The lowest BCUT2D eigenvalue weighted by Crippen LogP contribution is -2.44. The third kappa shape index (κ3) is 2.87. The molecule has 3 rings (SSSR count). The van der Waals surface area contributed by atoms with E-state index in [0.717, 1.165) is 51.6 Å². The summed E-state index contributed by atoms with van der Waals surface area (Å²) < 4.78 is 0. The highest BCUT2D eigenvalue weighted by Gasteiger charge is 2.31. The Bertz CT molecular complexity index is 437. The minimum Gasteiger partial charge on any atom is -0.342 e. The zero-order valence-electron chi connectivity index (χ0n) is 11.9. The summed E-state index contributed by atoms with van der Waals surface area (Å²) in [7, 11) is 0. The normalized spacial score (nSPS) is 28.6. The first-order chi connectivity index (χ1) is 9.74. The minimum absolute atomic E-state index is 0.169. The van der Waals surface area contributed by atoms with Crippen LogP contribution in [0.4, 0.5) is 0 Å². The van der Waals surface area contributed by atoms with E-state index in [1.54, 1.807) is 6.20 Å². The van der Waals surface area contributed by atoms with Crippen LogP contribution in [0.25, 0.3) is 0 Å². The first-order valence-corrected chi connectivity index (χ1v) is 7.77. The van der Waals surface area contributed by atoms with Crippen LogP contribution < -0.4 is 5.73 Å². The molecule has 5 nitrogen and oxygen atoms in total. The molecule has 2 fully saturated rings. The second kappa shape index (κ2) is 5.95. The van der Waals surface area contributed by atoms with E-state index in [1.165, 1.54) is 5.69 Å². The number of piperidine rings is 1. The molecule has 110 valence electrons. The Kier molecular flexibility index (Phi) is 4.05. The molecule has 2 unspecified atom stereocenters. The molecule has 1 aliphatic heterocycles. The zero-order chi connectivity index (χ0) is 13.9. The number of hydrogen-bond donors (Lipinski definition) is 2. The number of nitrogens with one attached hydrogen (secondary N) is 1. The minimum atomic E-state index is 0.169. The summed E-state index contributed by atoms with van der Waals surface area (Å²) in [6.07, 6.45) is 7.94. The number of nitrogens with zero attached hydrogens (tertiary/aromatic N) is 2. The maximum atomic E-state index is 12.5. The molecule has 20 heavy (non-hydrogen) atoms. The van der Waals surface area contributed by atoms with Gasteiger partial charge in [0.1, 0.15) is 0 Å². The second-order valence-corrected chi connectivity index (χ2v) is 6.24. The number of carbonyl (C=O) groups is 1. The summed E-state index contributed by atoms with van der Waals surface area (Å²) in [6.45, 7) is 1.74. The molecular weight excluding hydrogens is 252 g/mol. The molecule has 1 saturated heterocycles. The lowest BCUT2D eigenvalue weighted by atomic mass is 9.84. The quantitative estimate of drug-likeness (QED) is 0.862. The molecule has 1 aromatic heterocycles. The topological polar surface area (TPSA) is 75.0 Å². The van der Waals surface area contributed by atoms with Crippen LogP contribution in [-0.2, 0) is 4.79 Å². The van der Waals surface area contributed by atoms with Gasteiger partial charge in [-0.1, -0.05) is 6.42 Å². The lowest BCUT2D eigenvalue weighted by Gasteiger charge is -2.35. The summed E-state index contributed by atoms with van der Waals surface area (Å²) >= 11 is 0. The largest absolute Gasteiger partial charge is 0.342 e. The maximum Gasteiger partial charge on any atom is 0.225 e. The molecule has 3 N–H and O–H groups in total. The number of H-pyrrole nitrogens is 1. The van der Waals surface area contributed by atoms with Crippen LogP contribution in [0.15, 0.2) is 12.3 Å². The molecule has 2 atom stereocenters. The number of hydrogen-bond acceptors (Lipinski definition) is 3. The van der Waals surface area contributed by atoms with Gasteiger partial charge in [-0.2, -0.15) is 5.10 Å². The van der Waals surface area contributed by atoms with Gasteiger partial charge in [-0.15, -0.1) is 0 Å². The van der Waals surface area contributed by atoms with Gasteiger partial charge in [-0.3, -0.25) is 9.89 Å². The Labute approximate surface area is 119 Å². The Morgan fingerprint density at radius 1 is 1.30 bits per heavy atom. The van der Waals surface area contributed by atoms with E-state index in [1.807, 2.05) is 6.07 Å². The average Bonchev–Trinajstić information content (AvgIpc) is 3.01. The van der Waals surface area contributed by atoms with E-state index >= 15 is 0 Å². The van der Waals surface area contributed by atoms with Crippen molar-refractivity contribution in [1.29, 1.82) is 0 Å². The molecule has 0 spiro atoms. The lowest BCUT2D eigenvalue weighted by molar-refractivity contribution is -0.137. The van der Waals surface area contributed by atoms with Crippen molar-refractivity contribution in [1.82, 2.24) is 15.1 Å². The summed E-state index contributed by atoms with van der Waals surface area (Å²) in [5.41, 5.74) is 7.20. The average molecular weight is 276 g/mol. The van der Waals surface area contributed by atoms with Crippen molar-refractivity contribution in [2.75, 3.05) is 13.1 Å². The number of carbonyl (C=O) groups excluding carboxylic acids is 1. The van der Waals surface area contributed by atoms with E-state index in [-0.39, 0.29) is 12.0 Å². The summed E-state index contributed by atoms with van der Waals surface area (Å²) in [6, 6.07) is 2.27. The van der Waals surface area contributed by atoms with Gasteiger partial charge in [0.15, 0.2) is 0 Å². The number of aromatic amines is 1. The van der Waals surface area contributed by atoms with Crippen LogP contribution in [0, 0.1) is 5.92 Å². The highest BCUT2D eigenvalue weighted by atomic mass is 16.2. The third-order valence-electron chi connectivity index (χ3n) is 4.83. The monoisotopic (exact) mass is 276 g/mol. The Hall–Kier alpha value is -1.36. The van der Waals surface area contributed by atoms with Crippen molar-refractivity contribution >= 4 is 5.91 Å². The molecule has 0 bridgehead atoms. The first kappa shape index (κ1) is 13.6. The van der Waals surface area contributed by atoms with Crippen molar-refractivity contribution in [2.45, 2.75) is 50.5 Å². The Morgan fingerprint density at radius 2 is 2.10 bits per heavy atom. The summed E-state index contributed by atoms with van der Waals surface area (Å²) in [5, 5.41) is 7.06. The second-order valence-electron chi connectivity index (χ2n) is 6.24. The molecule has 2 aliphatic rings. The molecular formula is C15H24N4O. The molecule has 2 heterocycles. The van der Waals surface area contributed by atoms with Gasteiger partial charge in [-0.25, -0.2) is 0 Å². The van der Waals surface area contributed by atoms with Crippen LogP contribution in [0.3, 0.4) is 0 Å².